The lowest BCUT2D eigenvalue weighted by atomic mass is 10.1. The Labute approximate surface area is 149 Å². The van der Waals surface area contributed by atoms with Crippen LogP contribution >= 0.6 is 46.9 Å². The first kappa shape index (κ1) is 19.2. The normalized spacial score (nSPS) is 11.6. The number of rotatable bonds is 5. The van der Waals surface area contributed by atoms with E-state index in [2.05, 4.69) is 10.3 Å². The fraction of sp³-hybridized carbons (Fsp3) is 0.286. The third-order valence-corrected chi connectivity index (χ3v) is 4.39. The number of carbonyl (C=O) groups is 1. The van der Waals surface area contributed by atoms with Gasteiger partial charge < -0.3 is 11.1 Å². The summed E-state index contributed by atoms with van der Waals surface area (Å²) in [5, 5.41) is 6.56. The number of nitrogens with zero attached hydrogens (tertiary/aromatic N) is 1. The lowest BCUT2D eigenvalue weighted by Gasteiger charge is -2.15. The Morgan fingerprint density at radius 1 is 1.45 bits per heavy atom. The predicted octanol–water partition coefficient (Wildman–Crippen LogP) is 3.86. The van der Waals surface area contributed by atoms with E-state index in [4.69, 9.17) is 28.9 Å². The van der Waals surface area contributed by atoms with E-state index in [-0.39, 0.29) is 24.4 Å². The molecular formula is C14H16Cl3N3OS. The molecule has 2 aromatic rings. The number of benzene rings is 1. The van der Waals surface area contributed by atoms with Gasteiger partial charge in [0.1, 0.15) is 5.69 Å². The van der Waals surface area contributed by atoms with E-state index >= 15 is 0 Å². The molecule has 22 heavy (non-hydrogen) atoms. The SMILES string of the molecule is CC(NC(=O)c1csc(CCN)n1)c1ccc(Cl)cc1Cl.Cl. The maximum Gasteiger partial charge on any atom is 0.271 e. The van der Waals surface area contributed by atoms with Crippen molar-refractivity contribution in [1.82, 2.24) is 10.3 Å². The zero-order valence-corrected chi connectivity index (χ0v) is 15.0. The molecule has 1 atom stereocenters. The molecule has 1 amide bonds. The molecule has 4 nitrogen and oxygen atoms in total. The maximum atomic E-state index is 12.2. The van der Waals surface area contributed by atoms with Gasteiger partial charge in [-0.2, -0.15) is 0 Å². The smallest absolute Gasteiger partial charge is 0.271 e. The van der Waals surface area contributed by atoms with Crippen LogP contribution in [0.4, 0.5) is 0 Å². The van der Waals surface area contributed by atoms with Crippen LogP contribution in [-0.4, -0.2) is 17.4 Å². The van der Waals surface area contributed by atoms with Crippen molar-refractivity contribution < 1.29 is 4.79 Å². The number of nitrogens with two attached hydrogens (primary N) is 1. The van der Waals surface area contributed by atoms with Gasteiger partial charge in [0.05, 0.1) is 11.0 Å². The number of hydrogen-bond donors (Lipinski definition) is 2. The van der Waals surface area contributed by atoms with E-state index in [0.29, 0.717) is 28.7 Å². The zero-order chi connectivity index (χ0) is 15.4. The molecule has 0 bridgehead atoms. The van der Waals surface area contributed by atoms with Gasteiger partial charge in [-0.15, -0.1) is 23.7 Å². The maximum absolute atomic E-state index is 12.2. The van der Waals surface area contributed by atoms with Crippen molar-refractivity contribution >= 4 is 52.9 Å². The van der Waals surface area contributed by atoms with Crippen LogP contribution in [-0.2, 0) is 6.42 Å². The van der Waals surface area contributed by atoms with Crippen LogP contribution in [0.2, 0.25) is 10.0 Å². The van der Waals surface area contributed by atoms with E-state index < -0.39 is 0 Å². The monoisotopic (exact) mass is 379 g/mol. The summed E-state index contributed by atoms with van der Waals surface area (Å²) in [6.45, 7) is 2.38. The lowest BCUT2D eigenvalue weighted by molar-refractivity contribution is 0.0935. The zero-order valence-electron chi connectivity index (χ0n) is 11.8. The van der Waals surface area contributed by atoms with Crippen LogP contribution in [0.25, 0.3) is 0 Å². The minimum absolute atomic E-state index is 0. The highest BCUT2D eigenvalue weighted by Gasteiger charge is 2.16. The molecule has 0 saturated heterocycles. The number of carbonyl (C=O) groups excluding carboxylic acids is 1. The number of aromatic nitrogens is 1. The molecule has 1 aromatic heterocycles. The molecule has 0 aliphatic heterocycles. The summed E-state index contributed by atoms with van der Waals surface area (Å²) in [4.78, 5) is 16.4. The fourth-order valence-electron chi connectivity index (χ4n) is 1.85. The third-order valence-electron chi connectivity index (χ3n) is 2.92. The summed E-state index contributed by atoms with van der Waals surface area (Å²) in [6, 6.07) is 4.97. The predicted molar refractivity (Wildman–Crippen MR) is 94.5 cm³/mol. The molecule has 1 heterocycles. The van der Waals surface area contributed by atoms with Gasteiger partial charge in [0.15, 0.2) is 0 Å². The van der Waals surface area contributed by atoms with E-state index in [1.807, 2.05) is 6.92 Å². The molecule has 0 radical (unpaired) electrons. The van der Waals surface area contributed by atoms with Crippen LogP contribution in [0.3, 0.4) is 0 Å². The van der Waals surface area contributed by atoms with Crippen molar-refractivity contribution in [2.24, 2.45) is 5.73 Å². The Hall–Kier alpha value is -0.850. The topological polar surface area (TPSA) is 68.0 Å². The highest BCUT2D eigenvalue weighted by atomic mass is 35.5. The van der Waals surface area contributed by atoms with Gasteiger partial charge in [-0.3, -0.25) is 4.79 Å². The van der Waals surface area contributed by atoms with Crippen LogP contribution in [0.5, 0.6) is 0 Å². The second-order valence-corrected chi connectivity index (χ2v) is 6.31. The average Bonchev–Trinajstić information content (AvgIpc) is 2.87. The fourth-order valence-corrected chi connectivity index (χ4v) is 3.22. The summed E-state index contributed by atoms with van der Waals surface area (Å²) in [5.74, 6) is -0.229. The summed E-state index contributed by atoms with van der Waals surface area (Å²) in [6.07, 6.45) is 0.677. The summed E-state index contributed by atoms with van der Waals surface area (Å²) < 4.78 is 0. The highest BCUT2D eigenvalue weighted by molar-refractivity contribution is 7.09. The molecule has 8 heteroatoms. The number of halogens is 3. The van der Waals surface area contributed by atoms with Gasteiger partial charge >= 0.3 is 0 Å². The van der Waals surface area contributed by atoms with Crippen molar-refractivity contribution in [2.75, 3.05) is 6.54 Å². The quantitative estimate of drug-likeness (QED) is 0.827. The minimum Gasteiger partial charge on any atom is -0.344 e. The Balaban J connectivity index is 0.00000242. The van der Waals surface area contributed by atoms with Crippen LogP contribution in [0.15, 0.2) is 23.6 Å². The Morgan fingerprint density at radius 3 is 2.82 bits per heavy atom. The van der Waals surface area contributed by atoms with Crippen LogP contribution in [0.1, 0.15) is 34.0 Å². The molecule has 1 aromatic carbocycles. The average molecular weight is 381 g/mol. The lowest BCUT2D eigenvalue weighted by Crippen LogP contribution is -2.27. The van der Waals surface area contributed by atoms with Crippen molar-refractivity contribution in [3.8, 4) is 0 Å². The number of thiazole rings is 1. The Bertz CT molecular complexity index is 648. The van der Waals surface area contributed by atoms with Gasteiger partial charge in [-0.25, -0.2) is 4.98 Å². The van der Waals surface area contributed by atoms with E-state index in [9.17, 15) is 4.79 Å². The Morgan fingerprint density at radius 2 is 2.18 bits per heavy atom. The molecule has 1 unspecified atom stereocenters. The number of amides is 1. The molecule has 2 rings (SSSR count). The molecular weight excluding hydrogens is 365 g/mol. The summed E-state index contributed by atoms with van der Waals surface area (Å²) in [7, 11) is 0. The first-order valence-electron chi connectivity index (χ1n) is 6.41. The summed E-state index contributed by atoms with van der Waals surface area (Å²) >= 11 is 13.4. The third kappa shape index (κ3) is 4.83. The van der Waals surface area contributed by atoms with Crippen LogP contribution in [0, 0.1) is 0 Å². The van der Waals surface area contributed by atoms with Crippen molar-refractivity contribution in [1.29, 1.82) is 0 Å². The molecule has 0 spiro atoms. The van der Waals surface area contributed by atoms with E-state index in [1.165, 1.54) is 11.3 Å². The van der Waals surface area contributed by atoms with E-state index in [0.717, 1.165) is 10.6 Å². The summed E-state index contributed by atoms with van der Waals surface area (Å²) in [5.41, 5.74) is 6.69. The molecule has 0 aliphatic carbocycles. The second kappa shape index (κ2) is 8.70. The first-order chi connectivity index (χ1) is 10.0. The van der Waals surface area contributed by atoms with Crippen molar-refractivity contribution in [3.05, 3.63) is 49.9 Å². The Kier molecular flexibility index (Phi) is 7.59. The van der Waals surface area contributed by atoms with E-state index in [1.54, 1.807) is 23.6 Å². The molecule has 0 aliphatic rings. The van der Waals surface area contributed by atoms with Gasteiger partial charge in [0, 0.05) is 21.8 Å². The largest absolute Gasteiger partial charge is 0.344 e. The van der Waals surface area contributed by atoms with Crippen molar-refractivity contribution in [2.45, 2.75) is 19.4 Å². The number of nitrogens with one attached hydrogen (secondary N) is 1. The standard InChI is InChI=1S/C14H15Cl2N3OS.ClH/c1-8(10-3-2-9(15)6-11(10)16)18-14(20)12-7-21-13(19-12)4-5-17;/h2-3,6-8H,4-5,17H2,1H3,(H,18,20);1H. The minimum atomic E-state index is -0.234. The highest BCUT2D eigenvalue weighted by Crippen LogP contribution is 2.26. The molecule has 3 N–H and O–H groups in total. The van der Waals surface area contributed by atoms with Gasteiger partial charge in [-0.05, 0) is 31.2 Å². The first-order valence-corrected chi connectivity index (χ1v) is 8.05. The molecule has 0 saturated carbocycles. The molecule has 0 fully saturated rings. The van der Waals surface area contributed by atoms with Gasteiger partial charge in [0.2, 0.25) is 0 Å². The molecule has 120 valence electrons. The van der Waals surface area contributed by atoms with Gasteiger partial charge in [0.25, 0.3) is 5.91 Å². The second-order valence-electron chi connectivity index (χ2n) is 4.53. The van der Waals surface area contributed by atoms with Crippen molar-refractivity contribution in [3.63, 3.8) is 0 Å². The number of hydrogen-bond acceptors (Lipinski definition) is 4. The van der Waals surface area contributed by atoms with Gasteiger partial charge in [-0.1, -0.05) is 29.3 Å². The van der Waals surface area contributed by atoms with Crippen LogP contribution < -0.4 is 11.1 Å².